The molecule has 0 bridgehead atoms. The summed E-state index contributed by atoms with van der Waals surface area (Å²) in [6.45, 7) is -1.14. The van der Waals surface area contributed by atoms with Crippen molar-refractivity contribution in [1.82, 2.24) is 5.32 Å². The molecule has 3 aromatic rings. The molecule has 1 fully saturated rings. The molecule has 4 amide bonds. The number of anilines is 3. The van der Waals surface area contributed by atoms with Gasteiger partial charge in [-0.3, -0.25) is 14.6 Å². The second-order valence-corrected chi connectivity index (χ2v) is 10.2. The van der Waals surface area contributed by atoms with E-state index in [2.05, 4.69) is 10.6 Å². The Hall–Kier alpha value is -4.43. The molecular formula is C27H18ClF5N4O5. The van der Waals surface area contributed by atoms with Crippen LogP contribution >= 0.6 is 11.6 Å². The van der Waals surface area contributed by atoms with Crippen LogP contribution in [0.15, 0.2) is 48.5 Å². The van der Waals surface area contributed by atoms with Gasteiger partial charge in [0.15, 0.2) is 0 Å². The molecule has 6 rings (SSSR count). The Balaban J connectivity index is 1.46. The van der Waals surface area contributed by atoms with E-state index in [0.717, 1.165) is 24.3 Å². The number of benzene rings is 3. The zero-order valence-electron chi connectivity index (χ0n) is 21.1. The number of β-amino-alcohol motifs (C(OH)–C–C–N with tert-alkyl or cyclic N) is 1. The summed E-state index contributed by atoms with van der Waals surface area (Å²) in [5.74, 6) is -2.39. The van der Waals surface area contributed by atoms with Crippen molar-refractivity contribution in [1.29, 1.82) is 0 Å². The number of cyclic esters (lactones) is 1. The number of carbonyl (C=O) groups is 3. The average molecular weight is 609 g/mol. The number of rotatable bonds is 3. The first-order valence-corrected chi connectivity index (χ1v) is 12.7. The Morgan fingerprint density at radius 1 is 1.10 bits per heavy atom. The van der Waals surface area contributed by atoms with Crippen LogP contribution in [0.4, 0.5) is 48.6 Å². The molecule has 15 heteroatoms. The van der Waals surface area contributed by atoms with Crippen molar-refractivity contribution in [3.8, 4) is 0 Å². The number of urea groups is 1. The number of nitrogens with one attached hydrogen (secondary N) is 2. The summed E-state index contributed by atoms with van der Waals surface area (Å²) in [5, 5.41) is 15.8. The molecule has 3 N–H and O–H groups in total. The monoisotopic (exact) mass is 608 g/mol. The summed E-state index contributed by atoms with van der Waals surface area (Å²) in [4.78, 5) is 40.7. The lowest BCUT2D eigenvalue weighted by atomic mass is 9.95. The molecule has 0 unspecified atom stereocenters. The Bertz CT molecular complexity index is 1690. The van der Waals surface area contributed by atoms with Gasteiger partial charge in [0.2, 0.25) is 5.60 Å². The van der Waals surface area contributed by atoms with Gasteiger partial charge in [0.1, 0.15) is 18.2 Å². The maximum absolute atomic E-state index is 14.2. The van der Waals surface area contributed by atoms with Gasteiger partial charge in [-0.2, -0.15) is 13.2 Å². The van der Waals surface area contributed by atoms with E-state index < -0.39 is 65.3 Å². The van der Waals surface area contributed by atoms with Crippen LogP contribution in [0.1, 0.15) is 33.1 Å². The molecule has 0 saturated carbocycles. The smallest absolute Gasteiger partial charge is 0.423 e. The molecule has 1 saturated heterocycles. The van der Waals surface area contributed by atoms with Crippen LogP contribution in [0, 0.1) is 11.6 Å². The van der Waals surface area contributed by atoms with Gasteiger partial charge in [-0.25, -0.2) is 18.4 Å². The molecule has 218 valence electrons. The Morgan fingerprint density at radius 3 is 2.50 bits per heavy atom. The molecule has 2 atom stereocenters. The van der Waals surface area contributed by atoms with E-state index in [1.807, 2.05) is 0 Å². The van der Waals surface area contributed by atoms with Gasteiger partial charge in [0, 0.05) is 27.3 Å². The largest absolute Gasteiger partial charge is 0.447 e. The number of aliphatic hydroxyl groups is 1. The van der Waals surface area contributed by atoms with E-state index in [-0.39, 0.29) is 46.2 Å². The number of carbonyl (C=O) groups excluding carboxylic acids is 3. The molecule has 0 aliphatic carbocycles. The molecule has 0 spiro atoms. The minimum atomic E-state index is -5.27. The van der Waals surface area contributed by atoms with Gasteiger partial charge >= 0.3 is 18.3 Å². The van der Waals surface area contributed by atoms with Crippen molar-refractivity contribution in [2.24, 2.45) is 0 Å². The normalized spacial score (nSPS) is 21.3. The highest BCUT2D eigenvalue weighted by molar-refractivity contribution is 6.31. The predicted molar refractivity (Wildman–Crippen MR) is 139 cm³/mol. The van der Waals surface area contributed by atoms with Crippen LogP contribution in [0.25, 0.3) is 0 Å². The van der Waals surface area contributed by atoms with Crippen molar-refractivity contribution in [2.75, 3.05) is 34.8 Å². The molecule has 3 aliphatic heterocycles. The van der Waals surface area contributed by atoms with E-state index >= 15 is 0 Å². The average Bonchev–Trinajstić information content (AvgIpc) is 3.59. The molecule has 3 aromatic carbocycles. The number of amides is 4. The van der Waals surface area contributed by atoms with Crippen molar-refractivity contribution in [3.63, 3.8) is 0 Å². The first kappa shape index (κ1) is 27.7. The van der Waals surface area contributed by atoms with Crippen LogP contribution in [-0.2, 0) is 10.3 Å². The van der Waals surface area contributed by atoms with Crippen molar-refractivity contribution >= 4 is 46.7 Å². The van der Waals surface area contributed by atoms with Crippen LogP contribution in [0.2, 0.25) is 5.02 Å². The first-order valence-electron chi connectivity index (χ1n) is 12.3. The van der Waals surface area contributed by atoms with Crippen LogP contribution in [-0.4, -0.2) is 49.0 Å². The lowest BCUT2D eigenvalue weighted by Gasteiger charge is -2.27. The van der Waals surface area contributed by atoms with Crippen molar-refractivity contribution in [2.45, 2.75) is 17.8 Å². The Morgan fingerprint density at radius 2 is 1.81 bits per heavy atom. The highest BCUT2D eigenvalue weighted by Gasteiger charge is 2.61. The number of hydrogen-bond donors (Lipinski definition) is 3. The zero-order valence-corrected chi connectivity index (χ0v) is 21.8. The molecule has 42 heavy (non-hydrogen) atoms. The first-order chi connectivity index (χ1) is 19.8. The van der Waals surface area contributed by atoms with Gasteiger partial charge < -0.3 is 20.5 Å². The summed E-state index contributed by atoms with van der Waals surface area (Å²) in [5.41, 5.74) is -4.62. The number of nitrogens with zero attached hydrogens (tertiary/aromatic N) is 2. The maximum atomic E-state index is 14.2. The van der Waals surface area contributed by atoms with E-state index in [0.29, 0.717) is 11.0 Å². The minimum absolute atomic E-state index is 0.0245. The zero-order chi connectivity index (χ0) is 30.1. The second kappa shape index (κ2) is 9.56. The number of alkyl halides is 3. The summed E-state index contributed by atoms with van der Waals surface area (Å²) < 4.78 is 74.9. The SMILES string of the molecule is O=C1N[C@H](c2cc(F)ccc2Cl)c2c(NC(=O)N3C[C@](O)(C(F)(F)F)c4cc(F)ccc43)cc(N3CCOC3=O)cc21. The fourth-order valence-electron chi connectivity index (χ4n) is 5.35. The summed E-state index contributed by atoms with van der Waals surface area (Å²) in [6.07, 6.45) is -6.00. The van der Waals surface area contributed by atoms with Gasteiger partial charge in [0.25, 0.3) is 5.91 Å². The summed E-state index contributed by atoms with van der Waals surface area (Å²) in [6, 6.07) is 6.10. The summed E-state index contributed by atoms with van der Waals surface area (Å²) in [7, 11) is 0. The third-order valence-corrected chi connectivity index (χ3v) is 7.70. The molecular weight excluding hydrogens is 591 g/mol. The minimum Gasteiger partial charge on any atom is -0.447 e. The lowest BCUT2D eigenvalue weighted by molar-refractivity contribution is -0.258. The molecule has 3 heterocycles. The Labute approximate surface area is 238 Å². The van der Waals surface area contributed by atoms with Gasteiger partial charge in [0.05, 0.1) is 36.2 Å². The molecule has 0 radical (unpaired) electrons. The fraction of sp³-hybridized carbons (Fsp3) is 0.222. The van der Waals surface area contributed by atoms with Gasteiger partial charge in [-0.05, 0) is 48.5 Å². The number of fused-ring (bicyclic) bond motifs is 2. The van der Waals surface area contributed by atoms with E-state index in [4.69, 9.17) is 16.3 Å². The number of hydrogen-bond acceptors (Lipinski definition) is 5. The number of halogens is 6. The standard InChI is InChI=1S/C27H18ClF5N4O5/c28-18-3-1-12(29)7-15(18)22-21-16(23(38)35-22)9-14(36-5-6-42-25(36)40)10-19(21)34-24(39)37-11-26(41,27(31,32)33)17-8-13(30)2-4-20(17)37/h1-4,7-10,22,41H,5-6,11H2,(H,34,39)(H,35,38)/t22-,26-/m1/s1. The van der Waals surface area contributed by atoms with Crippen LogP contribution in [0.3, 0.4) is 0 Å². The van der Waals surface area contributed by atoms with E-state index in [1.54, 1.807) is 0 Å². The van der Waals surface area contributed by atoms with Crippen LogP contribution < -0.4 is 20.4 Å². The van der Waals surface area contributed by atoms with Gasteiger partial charge in [-0.15, -0.1) is 0 Å². The predicted octanol–water partition coefficient (Wildman–Crippen LogP) is 5.21. The van der Waals surface area contributed by atoms with Crippen molar-refractivity contribution < 1.29 is 46.2 Å². The fourth-order valence-corrected chi connectivity index (χ4v) is 5.58. The number of ether oxygens (including phenoxy) is 1. The van der Waals surface area contributed by atoms with Crippen molar-refractivity contribution in [3.05, 3.63) is 87.4 Å². The second-order valence-electron chi connectivity index (χ2n) is 9.83. The molecule has 0 aromatic heterocycles. The van der Waals surface area contributed by atoms with Crippen LogP contribution in [0.5, 0.6) is 0 Å². The van der Waals surface area contributed by atoms with Gasteiger partial charge in [-0.1, -0.05) is 11.6 Å². The molecule has 9 nitrogen and oxygen atoms in total. The topological polar surface area (TPSA) is 111 Å². The Kier molecular flexibility index (Phi) is 6.31. The highest BCUT2D eigenvalue weighted by atomic mass is 35.5. The maximum Gasteiger partial charge on any atom is 0.423 e. The molecule has 3 aliphatic rings. The third kappa shape index (κ3) is 4.29. The highest BCUT2D eigenvalue weighted by Crippen LogP contribution is 2.49. The van der Waals surface area contributed by atoms with E-state index in [9.17, 15) is 41.4 Å². The quantitative estimate of drug-likeness (QED) is 0.354. The lowest BCUT2D eigenvalue weighted by Crippen LogP contribution is -2.48. The van der Waals surface area contributed by atoms with E-state index in [1.165, 1.54) is 23.1 Å². The third-order valence-electron chi connectivity index (χ3n) is 7.35. The summed E-state index contributed by atoms with van der Waals surface area (Å²) >= 11 is 6.30.